The fourth-order valence-electron chi connectivity index (χ4n) is 4.23. The number of aromatic nitrogens is 2. The first-order valence-electron chi connectivity index (χ1n) is 11.2. The Balaban J connectivity index is 1.25. The summed E-state index contributed by atoms with van der Waals surface area (Å²) >= 11 is 0. The van der Waals surface area contributed by atoms with Crippen molar-refractivity contribution in [3.8, 4) is 17.0 Å². The van der Waals surface area contributed by atoms with Gasteiger partial charge in [0.05, 0.1) is 19.2 Å². The number of nitrogens with zero attached hydrogens (tertiary/aromatic N) is 3. The summed E-state index contributed by atoms with van der Waals surface area (Å²) in [5, 5.41) is 3.98. The summed E-state index contributed by atoms with van der Waals surface area (Å²) in [5.74, 6) is 1.82. The highest BCUT2D eigenvalue weighted by atomic mass is 19.1. The van der Waals surface area contributed by atoms with Gasteiger partial charge in [-0.3, -0.25) is 4.79 Å². The number of carbonyl (C=O) groups is 1. The molecule has 174 valence electrons. The molecule has 34 heavy (non-hydrogen) atoms. The van der Waals surface area contributed by atoms with Crippen LogP contribution >= 0.6 is 0 Å². The first kappa shape index (κ1) is 21.9. The second-order valence-corrected chi connectivity index (χ2v) is 8.37. The van der Waals surface area contributed by atoms with E-state index in [1.165, 1.54) is 12.1 Å². The Morgan fingerprint density at radius 3 is 2.88 bits per heavy atom. The number of benzene rings is 2. The molecular formula is C26H24FN3O4. The lowest BCUT2D eigenvalue weighted by Crippen LogP contribution is -2.39. The van der Waals surface area contributed by atoms with Crippen LogP contribution in [0.5, 0.6) is 5.75 Å². The lowest BCUT2D eigenvalue weighted by Gasteiger charge is -2.30. The number of amides is 1. The van der Waals surface area contributed by atoms with E-state index in [-0.39, 0.29) is 23.4 Å². The summed E-state index contributed by atoms with van der Waals surface area (Å²) in [7, 11) is 1.64. The Morgan fingerprint density at radius 2 is 2.06 bits per heavy atom. The zero-order valence-electron chi connectivity index (χ0n) is 18.7. The van der Waals surface area contributed by atoms with Crippen LogP contribution in [0.3, 0.4) is 0 Å². The van der Waals surface area contributed by atoms with Crippen LogP contribution in [0, 0.1) is 5.82 Å². The Bertz CT molecular complexity index is 1280. The van der Waals surface area contributed by atoms with Crippen LogP contribution in [0.2, 0.25) is 0 Å². The minimum absolute atomic E-state index is 0.0104. The summed E-state index contributed by atoms with van der Waals surface area (Å²) in [6, 6.07) is 15.3. The number of piperidine rings is 1. The van der Waals surface area contributed by atoms with Gasteiger partial charge < -0.3 is 18.6 Å². The van der Waals surface area contributed by atoms with Gasteiger partial charge in [-0.2, -0.15) is 0 Å². The van der Waals surface area contributed by atoms with Crippen molar-refractivity contribution in [2.75, 3.05) is 20.2 Å². The van der Waals surface area contributed by atoms with Gasteiger partial charge in [0.15, 0.2) is 5.89 Å². The molecule has 0 radical (unpaired) electrons. The van der Waals surface area contributed by atoms with E-state index >= 15 is 0 Å². The van der Waals surface area contributed by atoms with E-state index in [1.54, 1.807) is 36.4 Å². The number of oxazole rings is 1. The van der Waals surface area contributed by atoms with Gasteiger partial charge in [0.2, 0.25) is 5.76 Å². The molecule has 0 saturated carbocycles. The van der Waals surface area contributed by atoms with Crippen molar-refractivity contribution < 1.29 is 22.9 Å². The maximum atomic E-state index is 13.2. The summed E-state index contributed by atoms with van der Waals surface area (Å²) in [4.78, 5) is 19.3. The monoisotopic (exact) mass is 461 g/mol. The number of ether oxygens (including phenoxy) is 1. The molecule has 1 unspecified atom stereocenters. The summed E-state index contributed by atoms with van der Waals surface area (Å²) < 4.78 is 29.8. The van der Waals surface area contributed by atoms with E-state index in [4.69, 9.17) is 13.7 Å². The third-order valence-electron chi connectivity index (χ3n) is 6.00. The van der Waals surface area contributed by atoms with Crippen LogP contribution in [0.25, 0.3) is 11.3 Å². The van der Waals surface area contributed by atoms with Crippen LogP contribution in [-0.4, -0.2) is 41.1 Å². The van der Waals surface area contributed by atoms with E-state index in [1.807, 2.05) is 24.3 Å². The first-order chi connectivity index (χ1) is 16.6. The average molecular weight is 461 g/mol. The summed E-state index contributed by atoms with van der Waals surface area (Å²) in [6.07, 6.45) is 4.09. The van der Waals surface area contributed by atoms with Gasteiger partial charge in [-0.1, -0.05) is 17.3 Å². The molecule has 8 heteroatoms. The molecule has 0 aliphatic carbocycles. The Kier molecular flexibility index (Phi) is 6.12. The maximum absolute atomic E-state index is 13.2. The lowest BCUT2D eigenvalue weighted by molar-refractivity contribution is 0.0656. The van der Waals surface area contributed by atoms with Crippen molar-refractivity contribution in [1.82, 2.24) is 15.0 Å². The maximum Gasteiger partial charge on any atom is 0.292 e. The number of likely N-dealkylation sites (tertiary alicyclic amines) is 1. The molecule has 0 bridgehead atoms. The van der Waals surface area contributed by atoms with Gasteiger partial charge in [0, 0.05) is 31.1 Å². The topological polar surface area (TPSA) is 81.6 Å². The highest BCUT2D eigenvalue weighted by Gasteiger charge is 2.30. The van der Waals surface area contributed by atoms with E-state index in [0.29, 0.717) is 36.7 Å². The predicted octanol–water partition coefficient (Wildman–Crippen LogP) is 5.09. The minimum atomic E-state index is -0.332. The third kappa shape index (κ3) is 4.71. The number of hydrogen-bond acceptors (Lipinski definition) is 6. The summed E-state index contributed by atoms with van der Waals surface area (Å²) in [6.45, 7) is 1.11. The number of halogens is 1. The smallest absolute Gasteiger partial charge is 0.292 e. The fourth-order valence-corrected chi connectivity index (χ4v) is 4.23. The molecule has 2 aromatic heterocycles. The van der Waals surface area contributed by atoms with Crippen molar-refractivity contribution >= 4 is 5.91 Å². The van der Waals surface area contributed by atoms with E-state index < -0.39 is 0 Å². The molecular weight excluding hydrogens is 437 g/mol. The molecule has 0 spiro atoms. The normalized spacial score (nSPS) is 15.9. The second-order valence-electron chi connectivity index (χ2n) is 8.37. The molecule has 1 aliphatic heterocycles. The van der Waals surface area contributed by atoms with Crippen molar-refractivity contribution in [1.29, 1.82) is 0 Å². The number of methoxy groups -OCH3 is 1. The molecule has 3 heterocycles. The molecule has 1 atom stereocenters. The van der Waals surface area contributed by atoms with Gasteiger partial charge in [0.1, 0.15) is 23.0 Å². The second kappa shape index (κ2) is 9.51. The van der Waals surface area contributed by atoms with Crippen LogP contribution in [0.4, 0.5) is 4.39 Å². The number of hydrogen-bond donors (Lipinski definition) is 0. The van der Waals surface area contributed by atoms with Crippen molar-refractivity contribution in [3.05, 3.63) is 89.6 Å². The molecule has 1 aliphatic rings. The van der Waals surface area contributed by atoms with Crippen LogP contribution in [0.1, 0.15) is 46.5 Å². The average Bonchev–Trinajstić information content (AvgIpc) is 3.55. The van der Waals surface area contributed by atoms with Crippen molar-refractivity contribution in [3.63, 3.8) is 0 Å². The predicted molar refractivity (Wildman–Crippen MR) is 122 cm³/mol. The molecule has 2 aromatic carbocycles. The van der Waals surface area contributed by atoms with Crippen LogP contribution < -0.4 is 4.74 Å². The highest BCUT2D eigenvalue weighted by Crippen LogP contribution is 2.29. The minimum Gasteiger partial charge on any atom is -0.497 e. The lowest BCUT2D eigenvalue weighted by atomic mass is 9.98. The third-order valence-corrected chi connectivity index (χ3v) is 6.00. The Morgan fingerprint density at radius 1 is 1.21 bits per heavy atom. The SMILES string of the molecule is COc1cccc(Cc2cnc(C3CCCN(C(=O)c4cc(-c5ccc(F)cc5)no4)C3)o2)c1. The van der Waals surface area contributed by atoms with Crippen LogP contribution in [-0.2, 0) is 6.42 Å². The molecule has 5 rings (SSSR count). The molecule has 0 N–H and O–H groups in total. The molecule has 4 aromatic rings. The molecule has 1 fully saturated rings. The Hall–Kier alpha value is -3.94. The summed E-state index contributed by atoms with van der Waals surface area (Å²) in [5.41, 5.74) is 2.25. The largest absolute Gasteiger partial charge is 0.497 e. The zero-order valence-corrected chi connectivity index (χ0v) is 18.7. The van der Waals surface area contributed by atoms with E-state index in [2.05, 4.69) is 10.1 Å². The standard InChI is InChI=1S/C26H24FN3O4/c1-32-21-6-2-4-17(12-21)13-22-15-28-25(33-22)19-5-3-11-30(16-19)26(31)24-14-23(29-34-24)18-7-9-20(27)10-8-18/h2,4,6-10,12,14-15,19H,3,5,11,13,16H2,1H3. The molecule has 7 nitrogen and oxygen atoms in total. The fraction of sp³-hybridized carbons (Fsp3) is 0.269. The van der Waals surface area contributed by atoms with Gasteiger partial charge in [0.25, 0.3) is 5.91 Å². The first-order valence-corrected chi connectivity index (χ1v) is 11.2. The van der Waals surface area contributed by atoms with Crippen molar-refractivity contribution in [2.24, 2.45) is 0 Å². The highest BCUT2D eigenvalue weighted by molar-refractivity contribution is 5.92. The van der Waals surface area contributed by atoms with E-state index in [0.717, 1.165) is 29.9 Å². The number of rotatable bonds is 6. The van der Waals surface area contributed by atoms with Gasteiger partial charge in [-0.05, 0) is 54.8 Å². The van der Waals surface area contributed by atoms with Gasteiger partial charge in [-0.15, -0.1) is 0 Å². The van der Waals surface area contributed by atoms with Gasteiger partial charge in [-0.25, -0.2) is 9.37 Å². The van der Waals surface area contributed by atoms with Gasteiger partial charge >= 0.3 is 0 Å². The Labute approximate surface area is 196 Å². The quantitative estimate of drug-likeness (QED) is 0.398. The zero-order chi connectivity index (χ0) is 23.5. The molecule has 1 amide bonds. The number of carbonyl (C=O) groups excluding carboxylic acids is 1. The van der Waals surface area contributed by atoms with Crippen molar-refractivity contribution in [2.45, 2.75) is 25.2 Å². The molecule has 1 saturated heterocycles. The van der Waals surface area contributed by atoms with E-state index in [9.17, 15) is 9.18 Å². The van der Waals surface area contributed by atoms with Crippen LogP contribution in [0.15, 0.2) is 69.7 Å².